The highest BCUT2D eigenvalue weighted by atomic mass is 79.9. The second-order valence-electron chi connectivity index (χ2n) is 4.00. The summed E-state index contributed by atoms with van der Waals surface area (Å²) in [5.74, 6) is 0.902. The molecular formula is C13H12BrClFN3. The smallest absolute Gasteiger partial charge is 0.139 e. The zero-order valence-corrected chi connectivity index (χ0v) is 12.6. The number of benzene rings is 1. The van der Waals surface area contributed by atoms with Crippen LogP contribution in [0.3, 0.4) is 0 Å². The highest BCUT2D eigenvalue weighted by molar-refractivity contribution is 9.10. The highest BCUT2D eigenvalue weighted by Crippen LogP contribution is 2.22. The molecule has 3 nitrogen and oxygen atoms in total. The minimum Gasteiger partial charge on any atom is -0.340 e. The van der Waals surface area contributed by atoms with Crippen molar-refractivity contribution in [2.75, 3.05) is 5.32 Å². The van der Waals surface area contributed by atoms with Crippen molar-refractivity contribution < 1.29 is 4.39 Å². The van der Waals surface area contributed by atoms with E-state index in [2.05, 4.69) is 31.2 Å². The molecule has 0 unspecified atom stereocenters. The van der Waals surface area contributed by atoms with Crippen molar-refractivity contribution in [2.45, 2.75) is 19.8 Å². The van der Waals surface area contributed by atoms with Crippen LogP contribution in [0.2, 0.25) is 5.15 Å². The minimum absolute atomic E-state index is 0.334. The maximum Gasteiger partial charge on any atom is 0.139 e. The fraction of sp³-hybridized carbons (Fsp3) is 0.231. The van der Waals surface area contributed by atoms with E-state index in [-0.39, 0.29) is 5.82 Å². The molecule has 1 N–H and O–H groups in total. The number of anilines is 2. The van der Waals surface area contributed by atoms with Gasteiger partial charge < -0.3 is 5.32 Å². The van der Waals surface area contributed by atoms with E-state index in [0.29, 0.717) is 27.0 Å². The van der Waals surface area contributed by atoms with Gasteiger partial charge in [0.25, 0.3) is 0 Å². The van der Waals surface area contributed by atoms with E-state index in [4.69, 9.17) is 11.6 Å². The summed E-state index contributed by atoms with van der Waals surface area (Å²) in [5.41, 5.74) is 0.609. The third-order valence-corrected chi connectivity index (χ3v) is 3.24. The standard InChI is InChI=1S/C13H12BrClFN3/c1-2-3-12-18-11(15)7-13(19-12)17-8-4-5-9(14)10(16)6-8/h4-7H,2-3H2,1H3,(H,17,18,19). The fourth-order valence-corrected chi connectivity index (χ4v) is 2.03. The highest BCUT2D eigenvalue weighted by Gasteiger charge is 2.05. The third kappa shape index (κ3) is 3.88. The van der Waals surface area contributed by atoms with Crippen LogP contribution in [0, 0.1) is 5.82 Å². The topological polar surface area (TPSA) is 37.8 Å². The molecule has 0 bridgehead atoms. The SMILES string of the molecule is CCCc1nc(Cl)cc(Nc2ccc(Br)c(F)c2)n1. The van der Waals surface area contributed by atoms with Crippen molar-refractivity contribution >= 4 is 39.0 Å². The molecule has 0 saturated carbocycles. The number of nitrogens with one attached hydrogen (secondary N) is 1. The molecule has 2 aromatic rings. The molecule has 0 saturated heterocycles. The van der Waals surface area contributed by atoms with E-state index >= 15 is 0 Å². The maximum atomic E-state index is 13.4. The van der Waals surface area contributed by atoms with Gasteiger partial charge in [-0.15, -0.1) is 0 Å². The van der Waals surface area contributed by atoms with Gasteiger partial charge in [-0.1, -0.05) is 18.5 Å². The summed E-state index contributed by atoms with van der Waals surface area (Å²) < 4.78 is 13.8. The van der Waals surface area contributed by atoms with Crippen LogP contribution in [-0.2, 0) is 6.42 Å². The summed E-state index contributed by atoms with van der Waals surface area (Å²) in [7, 11) is 0. The Hall–Kier alpha value is -1.20. The summed E-state index contributed by atoms with van der Waals surface area (Å²) in [6, 6.07) is 6.39. The molecule has 0 radical (unpaired) electrons. The lowest BCUT2D eigenvalue weighted by atomic mass is 10.3. The van der Waals surface area contributed by atoms with Gasteiger partial charge in [0.15, 0.2) is 0 Å². The number of aryl methyl sites for hydroxylation is 1. The van der Waals surface area contributed by atoms with Gasteiger partial charge in [-0.05, 0) is 40.5 Å². The average Bonchev–Trinajstić information content (AvgIpc) is 2.33. The first kappa shape index (κ1) is 14.2. The number of rotatable bonds is 4. The molecule has 0 amide bonds. The van der Waals surface area contributed by atoms with Gasteiger partial charge >= 0.3 is 0 Å². The molecule has 6 heteroatoms. The molecule has 1 heterocycles. The van der Waals surface area contributed by atoms with Gasteiger partial charge in [0, 0.05) is 18.2 Å². The predicted molar refractivity (Wildman–Crippen MR) is 78.4 cm³/mol. The first-order valence-corrected chi connectivity index (χ1v) is 7.01. The Balaban J connectivity index is 2.24. The zero-order chi connectivity index (χ0) is 13.8. The molecular weight excluding hydrogens is 333 g/mol. The third-order valence-electron chi connectivity index (χ3n) is 2.41. The normalized spacial score (nSPS) is 10.5. The number of hydrogen-bond donors (Lipinski definition) is 1. The summed E-state index contributed by atoms with van der Waals surface area (Å²) in [6.45, 7) is 2.04. The van der Waals surface area contributed by atoms with Crippen LogP contribution in [0.15, 0.2) is 28.7 Å². The van der Waals surface area contributed by atoms with Crippen molar-refractivity contribution in [3.05, 3.63) is 45.5 Å². The van der Waals surface area contributed by atoms with E-state index in [1.807, 2.05) is 6.92 Å². The second kappa shape index (κ2) is 6.30. The van der Waals surface area contributed by atoms with Crippen LogP contribution in [0.5, 0.6) is 0 Å². The Morgan fingerprint density at radius 3 is 2.79 bits per heavy atom. The van der Waals surface area contributed by atoms with E-state index in [0.717, 1.165) is 12.8 Å². The molecule has 100 valence electrons. The van der Waals surface area contributed by atoms with Gasteiger partial charge in [-0.2, -0.15) is 0 Å². The Morgan fingerprint density at radius 2 is 2.11 bits per heavy atom. The monoisotopic (exact) mass is 343 g/mol. The molecule has 19 heavy (non-hydrogen) atoms. The molecule has 1 aromatic carbocycles. The molecule has 0 spiro atoms. The fourth-order valence-electron chi connectivity index (χ4n) is 1.59. The molecule has 0 aliphatic heterocycles. The lowest BCUT2D eigenvalue weighted by molar-refractivity contribution is 0.622. The Kier molecular flexibility index (Phi) is 4.71. The van der Waals surface area contributed by atoms with Gasteiger partial charge in [-0.25, -0.2) is 14.4 Å². The molecule has 0 atom stereocenters. The summed E-state index contributed by atoms with van der Waals surface area (Å²) >= 11 is 9.04. The van der Waals surface area contributed by atoms with Crippen LogP contribution in [0.4, 0.5) is 15.9 Å². The van der Waals surface area contributed by atoms with Crippen LogP contribution in [-0.4, -0.2) is 9.97 Å². The lowest BCUT2D eigenvalue weighted by Gasteiger charge is -2.08. The Bertz CT molecular complexity index is 592. The number of nitrogens with zero attached hydrogens (tertiary/aromatic N) is 2. The average molecular weight is 345 g/mol. The summed E-state index contributed by atoms with van der Waals surface area (Å²) in [4.78, 5) is 8.46. The van der Waals surface area contributed by atoms with Crippen LogP contribution < -0.4 is 5.32 Å². The van der Waals surface area contributed by atoms with Crippen molar-refractivity contribution in [3.63, 3.8) is 0 Å². The van der Waals surface area contributed by atoms with E-state index in [1.54, 1.807) is 18.2 Å². The summed E-state index contributed by atoms with van der Waals surface area (Å²) in [6.07, 6.45) is 1.69. The molecule has 0 aliphatic rings. The summed E-state index contributed by atoms with van der Waals surface area (Å²) in [5, 5.41) is 3.39. The lowest BCUT2D eigenvalue weighted by Crippen LogP contribution is -2.00. The molecule has 0 aliphatic carbocycles. The van der Waals surface area contributed by atoms with Gasteiger partial charge in [-0.3, -0.25) is 0 Å². The van der Waals surface area contributed by atoms with Crippen molar-refractivity contribution in [1.29, 1.82) is 0 Å². The van der Waals surface area contributed by atoms with Crippen molar-refractivity contribution in [3.8, 4) is 0 Å². The largest absolute Gasteiger partial charge is 0.340 e. The minimum atomic E-state index is -0.334. The molecule has 2 rings (SSSR count). The Morgan fingerprint density at radius 1 is 1.32 bits per heavy atom. The maximum absolute atomic E-state index is 13.4. The van der Waals surface area contributed by atoms with E-state index in [9.17, 15) is 4.39 Å². The van der Waals surface area contributed by atoms with Gasteiger partial charge in [0.05, 0.1) is 4.47 Å². The Labute approximate surface area is 124 Å². The van der Waals surface area contributed by atoms with Crippen LogP contribution in [0.25, 0.3) is 0 Å². The van der Waals surface area contributed by atoms with Gasteiger partial charge in [0.2, 0.25) is 0 Å². The van der Waals surface area contributed by atoms with E-state index < -0.39 is 0 Å². The molecule has 0 fully saturated rings. The van der Waals surface area contributed by atoms with Crippen LogP contribution >= 0.6 is 27.5 Å². The first-order chi connectivity index (χ1) is 9.08. The van der Waals surface area contributed by atoms with Gasteiger partial charge in [0.1, 0.15) is 22.6 Å². The predicted octanol–water partition coefficient (Wildman–Crippen LogP) is 4.73. The number of aromatic nitrogens is 2. The zero-order valence-electron chi connectivity index (χ0n) is 10.3. The van der Waals surface area contributed by atoms with Crippen molar-refractivity contribution in [2.24, 2.45) is 0 Å². The van der Waals surface area contributed by atoms with E-state index in [1.165, 1.54) is 6.07 Å². The van der Waals surface area contributed by atoms with Crippen molar-refractivity contribution in [1.82, 2.24) is 9.97 Å². The number of halogens is 3. The quantitative estimate of drug-likeness (QED) is 0.815. The number of hydrogen-bond acceptors (Lipinski definition) is 3. The second-order valence-corrected chi connectivity index (χ2v) is 5.24. The van der Waals surface area contributed by atoms with Crippen LogP contribution in [0.1, 0.15) is 19.2 Å². The first-order valence-electron chi connectivity index (χ1n) is 5.84. The molecule has 1 aromatic heterocycles.